The Kier molecular flexibility index (Phi) is 4.55. The molecule has 128 valence electrons. The van der Waals surface area contributed by atoms with Crippen LogP contribution in [-0.4, -0.2) is 34.0 Å². The van der Waals surface area contributed by atoms with Crippen LogP contribution in [0.15, 0.2) is 18.2 Å². The predicted octanol–water partition coefficient (Wildman–Crippen LogP) is 1.63. The third-order valence-corrected chi connectivity index (χ3v) is 4.52. The Balaban J connectivity index is 1.61. The number of nitrogens with zero attached hydrogens (tertiary/aromatic N) is 2. The van der Waals surface area contributed by atoms with E-state index in [2.05, 4.69) is 47.2 Å². The number of benzene rings is 1. The Morgan fingerprint density at radius 3 is 2.92 bits per heavy atom. The molecule has 1 aromatic heterocycles. The predicted molar refractivity (Wildman–Crippen MR) is 92.7 cm³/mol. The van der Waals surface area contributed by atoms with Gasteiger partial charge in [-0.2, -0.15) is 0 Å². The number of nitrogens with one attached hydrogen (secondary N) is 2. The molecule has 1 aliphatic heterocycles. The summed E-state index contributed by atoms with van der Waals surface area (Å²) in [7, 11) is 2.04. The molecule has 1 fully saturated rings. The number of amides is 2. The molecule has 24 heavy (non-hydrogen) atoms. The van der Waals surface area contributed by atoms with Crippen LogP contribution < -0.4 is 10.6 Å². The Labute approximate surface area is 141 Å². The van der Waals surface area contributed by atoms with E-state index >= 15 is 0 Å². The molecule has 2 N–H and O–H groups in total. The first-order valence-electron chi connectivity index (χ1n) is 8.48. The standard InChI is InChI=1S/C18H24N4O2/c1-11(2)17-21-14-10-12(4-6-15(14)22(17)3)8-9-19-18(24)13-5-7-16(23)20-13/h4,6,10-11,13H,5,7-9H2,1-3H3,(H,19,24)(H,20,23). The third-order valence-electron chi connectivity index (χ3n) is 4.52. The molecule has 0 spiro atoms. The SMILES string of the molecule is CC(C)c1nc2cc(CCNC(=O)C3CCC(=O)N3)ccc2n1C. The fourth-order valence-electron chi connectivity index (χ4n) is 3.20. The van der Waals surface area contributed by atoms with E-state index in [0.29, 0.717) is 25.3 Å². The summed E-state index contributed by atoms with van der Waals surface area (Å²) in [6, 6.07) is 5.88. The average molecular weight is 328 g/mol. The maximum atomic E-state index is 12.0. The number of carbonyl (C=O) groups is 2. The topological polar surface area (TPSA) is 76.0 Å². The van der Waals surface area contributed by atoms with Crippen LogP contribution in [0.3, 0.4) is 0 Å². The number of imidazole rings is 1. The normalized spacial score (nSPS) is 17.5. The second kappa shape index (κ2) is 6.63. The summed E-state index contributed by atoms with van der Waals surface area (Å²) in [5, 5.41) is 5.58. The van der Waals surface area contributed by atoms with Crippen LogP contribution in [-0.2, 0) is 23.1 Å². The van der Waals surface area contributed by atoms with Gasteiger partial charge in [-0.25, -0.2) is 4.98 Å². The van der Waals surface area contributed by atoms with E-state index in [-0.39, 0.29) is 17.9 Å². The van der Waals surface area contributed by atoms with Gasteiger partial charge in [0.25, 0.3) is 0 Å². The summed E-state index contributed by atoms with van der Waals surface area (Å²) in [5.74, 6) is 1.32. The monoisotopic (exact) mass is 328 g/mol. The van der Waals surface area contributed by atoms with Gasteiger partial charge in [-0.15, -0.1) is 0 Å². The van der Waals surface area contributed by atoms with Crippen molar-refractivity contribution in [1.29, 1.82) is 0 Å². The smallest absolute Gasteiger partial charge is 0.242 e. The summed E-state index contributed by atoms with van der Waals surface area (Å²) >= 11 is 0. The summed E-state index contributed by atoms with van der Waals surface area (Å²) in [6.45, 7) is 4.83. The van der Waals surface area contributed by atoms with Gasteiger partial charge >= 0.3 is 0 Å². The largest absolute Gasteiger partial charge is 0.354 e. The van der Waals surface area contributed by atoms with Gasteiger partial charge in [-0.1, -0.05) is 19.9 Å². The lowest BCUT2D eigenvalue weighted by molar-refractivity contribution is -0.125. The van der Waals surface area contributed by atoms with Gasteiger partial charge in [-0.3, -0.25) is 9.59 Å². The highest BCUT2D eigenvalue weighted by Gasteiger charge is 2.26. The van der Waals surface area contributed by atoms with Gasteiger partial charge in [0, 0.05) is 25.9 Å². The molecule has 0 saturated carbocycles. The molecule has 0 aliphatic carbocycles. The van der Waals surface area contributed by atoms with Crippen LogP contribution in [0, 0.1) is 0 Å². The van der Waals surface area contributed by atoms with Crippen LogP contribution in [0.1, 0.15) is 44.0 Å². The number of hydrogen-bond donors (Lipinski definition) is 2. The van der Waals surface area contributed by atoms with Gasteiger partial charge in [0.1, 0.15) is 11.9 Å². The van der Waals surface area contributed by atoms with Crippen LogP contribution in [0.4, 0.5) is 0 Å². The number of rotatable bonds is 5. The van der Waals surface area contributed by atoms with Crippen molar-refractivity contribution in [2.45, 2.75) is 45.1 Å². The zero-order chi connectivity index (χ0) is 17.3. The molecule has 0 radical (unpaired) electrons. The Hall–Kier alpha value is -2.37. The van der Waals surface area contributed by atoms with E-state index < -0.39 is 0 Å². The third kappa shape index (κ3) is 3.27. The van der Waals surface area contributed by atoms with Crippen molar-refractivity contribution in [2.24, 2.45) is 7.05 Å². The zero-order valence-electron chi connectivity index (χ0n) is 14.4. The number of fused-ring (bicyclic) bond motifs is 1. The van der Waals surface area contributed by atoms with Crippen molar-refractivity contribution in [2.75, 3.05) is 6.54 Å². The minimum atomic E-state index is -0.371. The van der Waals surface area contributed by atoms with E-state index in [1.165, 1.54) is 0 Å². The van der Waals surface area contributed by atoms with Gasteiger partial charge in [0.15, 0.2) is 0 Å². The van der Waals surface area contributed by atoms with Crippen molar-refractivity contribution >= 4 is 22.8 Å². The van der Waals surface area contributed by atoms with E-state index in [9.17, 15) is 9.59 Å². The summed E-state index contributed by atoms with van der Waals surface area (Å²) in [4.78, 5) is 27.8. The van der Waals surface area contributed by atoms with Crippen molar-refractivity contribution < 1.29 is 9.59 Å². The lowest BCUT2D eigenvalue weighted by atomic mass is 10.1. The van der Waals surface area contributed by atoms with E-state index in [1.807, 2.05) is 7.05 Å². The van der Waals surface area contributed by atoms with E-state index in [0.717, 1.165) is 28.8 Å². The molecule has 2 amide bonds. The minimum Gasteiger partial charge on any atom is -0.354 e. The van der Waals surface area contributed by atoms with Crippen molar-refractivity contribution in [3.8, 4) is 0 Å². The first-order valence-corrected chi connectivity index (χ1v) is 8.48. The number of hydrogen-bond acceptors (Lipinski definition) is 3. The fraction of sp³-hybridized carbons (Fsp3) is 0.500. The summed E-state index contributed by atoms with van der Waals surface area (Å²) < 4.78 is 2.13. The lowest BCUT2D eigenvalue weighted by Gasteiger charge is -2.10. The second-order valence-corrected chi connectivity index (χ2v) is 6.71. The first-order chi connectivity index (χ1) is 11.5. The molecule has 1 atom stereocenters. The Bertz CT molecular complexity index is 779. The average Bonchev–Trinajstić information content (AvgIpc) is 3.11. The molecular formula is C18H24N4O2. The maximum Gasteiger partial charge on any atom is 0.242 e. The van der Waals surface area contributed by atoms with E-state index in [1.54, 1.807) is 0 Å². The number of aryl methyl sites for hydroxylation is 1. The molecule has 2 heterocycles. The molecular weight excluding hydrogens is 304 g/mol. The molecule has 6 heteroatoms. The second-order valence-electron chi connectivity index (χ2n) is 6.71. The van der Waals surface area contributed by atoms with Gasteiger partial charge in [0.2, 0.25) is 11.8 Å². The highest BCUT2D eigenvalue weighted by Crippen LogP contribution is 2.21. The maximum absolute atomic E-state index is 12.0. The number of carbonyl (C=O) groups excluding carboxylic acids is 2. The van der Waals surface area contributed by atoms with Crippen LogP contribution >= 0.6 is 0 Å². The molecule has 1 aromatic carbocycles. The fourth-order valence-corrected chi connectivity index (χ4v) is 3.20. The minimum absolute atomic E-state index is 0.0447. The van der Waals surface area contributed by atoms with Crippen LogP contribution in [0.2, 0.25) is 0 Å². The molecule has 6 nitrogen and oxygen atoms in total. The van der Waals surface area contributed by atoms with Crippen LogP contribution in [0.25, 0.3) is 11.0 Å². The van der Waals surface area contributed by atoms with Crippen molar-refractivity contribution in [3.05, 3.63) is 29.6 Å². The Morgan fingerprint density at radius 2 is 2.25 bits per heavy atom. The lowest BCUT2D eigenvalue weighted by Crippen LogP contribution is -2.42. The van der Waals surface area contributed by atoms with Gasteiger partial charge < -0.3 is 15.2 Å². The molecule has 1 aliphatic rings. The van der Waals surface area contributed by atoms with Gasteiger partial charge in [-0.05, 0) is 30.5 Å². The highest BCUT2D eigenvalue weighted by molar-refractivity contribution is 5.90. The first kappa shape index (κ1) is 16.5. The molecule has 1 unspecified atom stereocenters. The van der Waals surface area contributed by atoms with Crippen LogP contribution in [0.5, 0.6) is 0 Å². The number of aromatic nitrogens is 2. The van der Waals surface area contributed by atoms with Crippen molar-refractivity contribution in [3.63, 3.8) is 0 Å². The van der Waals surface area contributed by atoms with Gasteiger partial charge in [0.05, 0.1) is 11.0 Å². The highest BCUT2D eigenvalue weighted by atomic mass is 16.2. The quantitative estimate of drug-likeness (QED) is 0.876. The van der Waals surface area contributed by atoms with E-state index in [4.69, 9.17) is 4.98 Å². The van der Waals surface area contributed by atoms with Crippen molar-refractivity contribution in [1.82, 2.24) is 20.2 Å². The molecule has 3 rings (SSSR count). The zero-order valence-corrected chi connectivity index (χ0v) is 14.4. The Morgan fingerprint density at radius 1 is 1.46 bits per heavy atom. The summed E-state index contributed by atoms with van der Waals surface area (Å²) in [6.07, 6.45) is 1.77. The molecule has 1 saturated heterocycles. The summed E-state index contributed by atoms with van der Waals surface area (Å²) in [5.41, 5.74) is 3.26. The molecule has 2 aromatic rings. The molecule has 0 bridgehead atoms.